The number of hydrogen-bond acceptors (Lipinski definition) is 18. The normalized spacial score (nSPS) is 13.0. The third kappa shape index (κ3) is 18.8. The molecular formula is C78H94N22O12. The number of ether oxygens (including phenoxy) is 2. The molecule has 0 atom stereocenters. The van der Waals surface area contributed by atoms with E-state index in [0.29, 0.717) is 156 Å². The number of aliphatic hydroxyl groups is 1. The minimum absolute atomic E-state index is 0. The number of amides is 7. The number of aliphatic hydroxyl groups excluding tert-OH is 1. The predicted octanol–water partition coefficient (Wildman–Crippen LogP) is 8.08. The summed E-state index contributed by atoms with van der Waals surface area (Å²) in [5, 5.41) is 38.1. The molecule has 4 aromatic carbocycles. The van der Waals surface area contributed by atoms with Gasteiger partial charge in [-0.25, -0.2) is 14.8 Å². The fourth-order valence-electron chi connectivity index (χ4n) is 12.8. The number of unbranched alkanes of at least 4 members (excludes halogenated alkanes) is 1. The number of hydrogen-bond donors (Lipinski definition) is 8. The number of carbonyl (C=O) groups is 8. The van der Waals surface area contributed by atoms with E-state index in [1.165, 1.54) is 16.8 Å². The zero-order chi connectivity index (χ0) is 80.1. The first-order valence-corrected chi connectivity index (χ1v) is 36.1. The Morgan fingerprint density at radius 2 is 0.893 bits per heavy atom. The van der Waals surface area contributed by atoms with Gasteiger partial charge in [-0.15, -0.1) is 0 Å². The summed E-state index contributed by atoms with van der Waals surface area (Å²) in [6.07, 6.45) is 10.4. The topological polar surface area (TPSA) is 476 Å². The minimum atomic E-state index is -0.924. The Labute approximate surface area is 645 Å². The molecule has 2 aliphatic heterocycles. The van der Waals surface area contributed by atoms with E-state index in [9.17, 15) is 43.5 Å². The molecule has 0 saturated heterocycles. The van der Waals surface area contributed by atoms with Gasteiger partial charge in [0.15, 0.2) is 0 Å². The van der Waals surface area contributed by atoms with Gasteiger partial charge in [0.25, 0.3) is 17.7 Å². The van der Waals surface area contributed by atoms with Gasteiger partial charge in [-0.05, 0) is 158 Å². The number of fused-ring (bicyclic) bond motifs is 4. The molecule has 0 saturated carbocycles. The van der Waals surface area contributed by atoms with E-state index < -0.39 is 47.3 Å². The number of rotatable bonds is 29. The van der Waals surface area contributed by atoms with Crippen molar-refractivity contribution in [1.29, 1.82) is 0 Å². The number of carboxylic acid groups (broad SMARTS) is 1. The summed E-state index contributed by atoms with van der Waals surface area (Å²) in [5.74, 6) is -2.30. The van der Waals surface area contributed by atoms with Crippen molar-refractivity contribution in [2.45, 2.75) is 141 Å². The molecule has 0 fully saturated rings. The lowest BCUT2D eigenvalue weighted by Crippen LogP contribution is -2.28. The summed E-state index contributed by atoms with van der Waals surface area (Å²) in [4.78, 5) is 121. The van der Waals surface area contributed by atoms with E-state index in [0.717, 1.165) is 46.7 Å². The van der Waals surface area contributed by atoms with E-state index in [-0.39, 0.29) is 56.9 Å². The highest BCUT2D eigenvalue weighted by Crippen LogP contribution is 2.36. The highest BCUT2D eigenvalue weighted by molar-refractivity contribution is 6.14. The second-order valence-electron chi connectivity index (χ2n) is 26.0. The molecular weight excluding hydrogens is 1440 g/mol. The molecule has 588 valence electrons. The fourth-order valence-corrected chi connectivity index (χ4v) is 12.8. The van der Waals surface area contributed by atoms with Crippen LogP contribution in [0.2, 0.25) is 0 Å². The van der Waals surface area contributed by atoms with Crippen molar-refractivity contribution >= 4 is 104 Å². The largest absolute Gasteiger partial charge is 0.491 e. The van der Waals surface area contributed by atoms with Gasteiger partial charge in [-0.3, -0.25) is 57.6 Å². The monoisotopic (exact) mass is 1530 g/mol. The predicted molar refractivity (Wildman–Crippen MR) is 425 cm³/mol. The lowest BCUT2D eigenvalue weighted by atomic mass is 10.1. The average molecular weight is 1530 g/mol. The number of allylic oxidation sites excluding steroid dienone is 2. The molecule has 0 unspecified atom stereocenters. The molecule has 0 spiro atoms. The summed E-state index contributed by atoms with van der Waals surface area (Å²) in [6.45, 7) is 20.7. The number of primary amides is 4. The number of aromatic carboxylic acids is 1. The Morgan fingerprint density at radius 3 is 1.31 bits per heavy atom. The zero-order valence-corrected chi connectivity index (χ0v) is 63.2. The van der Waals surface area contributed by atoms with E-state index >= 15 is 0 Å². The molecule has 6 aromatic heterocycles. The van der Waals surface area contributed by atoms with Gasteiger partial charge in [-0.2, -0.15) is 30.4 Å². The van der Waals surface area contributed by atoms with Crippen LogP contribution in [0.15, 0.2) is 119 Å². The standard InChI is InChI=1S/C38H43N11O6.C32H37N9O4.C7H10N2O2.CH4/c1-5-48-29(16-22(3)44-48)36(53)42-32-21-25-18-24(34(39)51)10-11-28(25)46(32)12-7-8-13-47-33-27(19-26(35(40)52)20-31(33)55-15-9-14-50)41-38(47)43-37(54)30-17-23(4)45-49(30)6-2;1-4-6-13-45-26-17-22(30(34)43)16-23-28(26)40(32(35)36-23)12-8-7-11-39-24-10-9-20(29(33)42)15-21(24)18-27(39)37-31(44)25-14-19(3)38-41(25)5-2;1-3-9-6(7(10)11)4-5(2)8-9;/h7-8,10-11,16-20,50H,5-6,9,12-15,21H2,1-4H3,(H2,39,51)(H2,40,52)(H,41,43,54);7-10,14-17H,4-6,11-13,18H2,1-3H3,(H2,33,42)(H2,34,43)(H2,35,36);4H,3H2,1-2H3,(H,10,11);1H4/b8-7+,42-32?;8-7+,37-27?;;. The highest BCUT2D eigenvalue weighted by Gasteiger charge is 2.31. The summed E-state index contributed by atoms with van der Waals surface area (Å²) < 4.78 is 21.9. The Morgan fingerprint density at radius 1 is 0.500 bits per heavy atom. The van der Waals surface area contributed by atoms with E-state index in [4.69, 9.17) is 43.2 Å². The van der Waals surface area contributed by atoms with Crippen LogP contribution in [-0.2, 0) is 52.1 Å². The molecule has 0 bridgehead atoms. The number of aromatic nitrogens is 12. The van der Waals surface area contributed by atoms with Crippen molar-refractivity contribution in [2.75, 3.05) is 53.8 Å². The minimum Gasteiger partial charge on any atom is -0.491 e. The van der Waals surface area contributed by atoms with Crippen molar-refractivity contribution in [3.8, 4) is 11.5 Å². The van der Waals surface area contributed by atoms with E-state index in [2.05, 4.69) is 52.6 Å². The van der Waals surface area contributed by atoms with Gasteiger partial charge in [-0.1, -0.05) is 45.1 Å². The Bertz CT molecular complexity index is 5370. The van der Waals surface area contributed by atoms with Gasteiger partial charge >= 0.3 is 5.97 Å². The number of aliphatic imine (C=N–C) groups is 2. The second kappa shape index (κ2) is 36.7. The number of carboxylic acids is 1. The summed E-state index contributed by atoms with van der Waals surface area (Å²) >= 11 is 0. The molecule has 0 aliphatic carbocycles. The summed E-state index contributed by atoms with van der Waals surface area (Å²) in [7, 11) is 0. The van der Waals surface area contributed by atoms with Crippen LogP contribution in [0.1, 0.15) is 179 Å². The molecule has 0 radical (unpaired) electrons. The fraction of sp³-hybridized carbons (Fsp3) is 0.333. The molecule has 34 nitrogen and oxygen atoms in total. The first kappa shape index (κ1) is 82.7. The second-order valence-corrected chi connectivity index (χ2v) is 26.0. The van der Waals surface area contributed by atoms with Gasteiger partial charge in [0, 0.05) is 112 Å². The molecule has 10 aromatic rings. The molecule has 34 heteroatoms. The number of imidazole rings is 2. The maximum Gasteiger partial charge on any atom is 0.354 e. The smallest absolute Gasteiger partial charge is 0.354 e. The number of amidine groups is 2. The number of nitrogens with zero attached hydrogens (tertiary/aromatic N) is 16. The lowest BCUT2D eigenvalue weighted by Gasteiger charge is -2.19. The van der Waals surface area contributed by atoms with E-state index in [1.54, 1.807) is 99.2 Å². The maximum absolute atomic E-state index is 13.6. The lowest BCUT2D eigenvalue weighted by molar-refractivity contribution is 0.0681. The number of carbonyl (C=O) groups excluding carboxylic acids is 7. The molecule has 13 N–H and O–H groups in total. The summed E-state index contributed by atoms with van der Waals surface area (Å²) in [6, 6.07) is 23.3. The number of benzene rings is 4. The van der Waals surface area contributed by atoms with Gasteiger partial charge in [0.1, 0.15) is 57.0 Å². The SMILES string of the molecule is C.CCCCOc1cc(C(N)=O)cc2nc(N)n(C/C=C/CN3C(=NC(=O)c4cc(C)nn4CC)Cc4cc(C(N)=O)ccc43)c12.CCn1nc(C)cc1C(=O)N=C1Cc2cc(C(N)=O)ccc2N1C/C=C/Cn1c(NC(=O)c2cc(C)nn2CC)nc2cc(C(N)=O)cc(OCCCO)c21.CCn1nc(C)cc1C(=O)O. The average Bonchev–Trinajstić information content (AvgIpc) is 1.63. The quantitative estimate of drug-likeness (QED) is 0.0162. The zero-order valence-electron chi connectivity index (χ0n) is 63.2. The van der Waals surface area contributed by atoms with Crippen LogP contribution < -0.4 is 53.3 Å². The van der Waals surface area contributed by atoms with Crippen molar-refractivity contribution < 1.29 is 58.0 Å². The number of anilines is 4. The summed E-state index contributed by atoms with van der Waals surface area (Å²) in [5.41, 5.74) is 39.3. The van der Waals surface area contributed by atoms with Crippen LogP contribution in [0.4, 0.5) is 23.3 Å². The maximum atomic E-state index is 13.6. The van der Waals surface area contributed by atoms with E-state index in [1.807, 2.05) is 86.3 Å². The van der Waals surface area contributed by atoms with Gasteiger partial charge in [0.05, 0.1) is 47.0 Å². The molecule has 12 rings (SSSR count). The number of nitrogens with two attached hydrogens (primary N) is 5. The molecule has 112 heavy (non-hydrogen) atoms. The van der Waals surface area contributed by atoms with Gasteiger partial charge in [0.2, 0.25) is 35.5 Å². The van der Waals surface area contributed by atoms with Crippen LogP contribution in [-0.4, -0.2) is 160 Å². The molecule has 7 amide bonds. The van der Waals surface area contributed by atoms with Crippen molar-refractivity contribution in [3.05, 3.63) is 188 Å². The number of aryl methyl sites for hydroxylation is 8. The highest BCUT2D eigenvalue weighted by atomic mass is 16.5. The van der Waals surface area contributed by atoms with Gasteiger partial charge < -0.3 is 67.3 Å². The number of nitrogens with one attached hydrogen (secondary N) is 1. The first-order chi connectivity index (χ1) is 53.2. The molecule has 8 heterocycles. The molecule has 2 aliphatic rings. The van der Waals surface area contributed by atoms with Crippen LogP contribution in [0.3, 0.4) is 0 Å². The number of nitrogen functional groups attached to an aromatic ring is 1. The van der Waals surface area contributed by atoms with Crippen LogP contribution >= 0.6 is 0 Å². The Balaban J connectivity index is 0.000000227. The van der Waals surface area contributed by atoms with Crippen molar-refractivity contribution in [1.82, 2.24) is 58.2 Å². The third-order valence-corrected chi connectivity index (χ3v) is 18.0. The van der Waals surface area contributed by atoms with Crippen molar-refractivity contribution in [3.63, 3.8) is 0 Å². The Hall–Kier alpha value is -13.4. The van der Waals surface area contributed by atoms with Crippen molar-refractivity contribution in [2.24, 2.45) is 32.9 Å². The third-order valence-electron chi connectivity index (χ3n) is 18.0. The first-order valence-electron chi connectivity index (χ1n) is 36.1. The van der Waals surface area contributed by atoms with Crippen LogP contribution in [0.5, 0.6) is 11.5 Å². The van der Waals surface area contributed by atoms with Crippen LogP contribution in [0, 0.1) is 27.7 Å². The van der Waals surface area contributed by atoms with Crippen LogP contribution in [0.25, 0.3) is 22.1 Å². The Kier molecular flexibility index (Phi) is 27.1.